The Morgan fingerprint density at radius 1 is 1.14 bits per heavy atom. The fourth-order valence-corrected chi connectivity index (χ4v) is 4.25. The molecular formula is C21H19ClN4O2S. The van der Waals surface area contributed by atoms with Gasteiger partial charge in [-0.3, -0.25) is 9.59 Å². The molecule has 4 rings (SSSR count). The number of rotatable bonds is 6. The number of anilines is 2. The van der Waals surface area contributed by atoms with Crippen LogP contribution < -0.4 is 10.2 Å². The highest BCUT2D eigenvalue weighted by Crippen LogP contribution is 2.34. The highest BCUT2D eigenvalue weighted by Gasteiger charge is 2.33. The van der Waals surface area contributed by atoms with Gasteiger partial charge in [0.05, 0.1) is 0 Å². The van der Waals surface area contributed by atoms with Gasteiger partial charge in [0.15, 0.2) is 0 Å². The van der Waals surface area contributed by atoms with Crippen LogP contribution in [0.2, 0.25) is 5.02 Å². The molecule has 29 heavy (non-hydrogen) atoms. The van der Waals surface area contributed by atoms with Gasteiger partial charge in [0.2, 0.25) is 16.9 Å². The number of nitrogens with one attached hydrogen (secondary N) is 1. The molecule has 1 aromatic heterocycles. The molecule has 0 unspecified atom stereocenters. The summed E-state index contributed by atoms with van der Waals surface area (Å²) in [5.74, 6) is -0.0894. The molecule has 1 saturated heterocycles. The molecule has 148 valence electrons. The van der Waals surface area contributed by atoms with Gasteiger partial charge in [0.1, 0.15) is 5.01 Å². The molecule has 0 aliphatic carbocycles. The van der Waals surface area contributed by atoms with Crippen LogP contribution in [0.4, 0.5) is 10.8 Å². The maximum atomic E-state index is 12.4. The van der Waals surface area contributed by atoms with Crippen LogP contribution >= 0.6 is 22.9 Å². The lowest BCUT2D eigenvalue weighted by atomic mass is 10.1. The van der Waals surface area contributed by atoms with Crippen LogP contribution in [0, 0.1) is 0 Å². The number of amides is 2. The molecule has 6 nitrogen and oxygen atoms in total. The Labute approximate surface area is 177 Å². The first-order valence-electron chi connectivity index (χ1n) is 9.31. The Morgan fingerprint density at radius 3 is 2.66 bits per heavy atom. The minimum Gasteiger partial charge on any atom is -0.312 e. The van der Waals surface area contributed by atoms with Crippen molar-refractivity contribution in [1.29, 1.82) is 0 Å². The molecule has 1 fully saturated rings. The lowest BCUT2D eigenvalue weighted by molar-refractivity contribution is -0.117. The fraction of sp³-hybridized carbons (Fsp3) is 0.238. The standard InChI is InChI=1S/C21H19ClN4O2S/c22-16-7-9-17(10-8-16)26-13-15(12-19(26)28)20-24-25-21(29-20)23-18(27)11-6-14-4-2-1-3-5-14/h1-5,7-10,15H,6,11-13H2,(H,23,25,27)/t15-/m1/s1. The van der Waals surface area contributed by atoms with Gasteiger partial charge in [-0.1, -0.05) is 53.3 Å². The van der Waals surface area contributed by atoms with E-state index < -0.39 is 0 Å². The number of carbonyl (C=O) groups excluding carboxylic acids is 2. The van der Waals surface area contributed by atoms with Crippen LogP contribution in [0.1, 0.15) is 29.3 Å². The van der Waals surface area contributed by atoms with E-state index in [1.54, 1.807) is 17.0 Å². The van der Waals surface area contributed by atoms with Crippen molar-refractivity contribution in [3.63, 3.8) is 0 Å². The molecule has 2 heterocycles. The predicted molar refractivity (Wildman–Crippen MR) is 114 cm³/mol. The SMILES string of the molecule is O=C(CCc1ccccc1)Nc1nnc([C@@H]2CC(=O)N(c3ccc(Cl)cc3)C2)s1. The van der Waals surface area contributed by atoms with Gasteiger partial charge in [0, 0.05) is 36.0 Å². The molecule has 2 amide bonds. The Hall–Kier alpha value is -2.77. The van der Waals surface area contributed by atoms with Gasteiger partial charge in [-0.25, -0.2) is 0 Å². The number of carbonyl (C=O) groups is 2. The molecule has 1 aliphatic rings. The van der Waals surface area contributed by atoms with Gasteiger partial charge in [-0.15, -0.1) is 10.2 Å². The maximum absolute atomic E-state index is 12.4. The van der Waals surface area contributed by atoms with E-state index in [-0.39, 0.29) is 17.7 Å². The summed E-state index contributed by atoms with van der Waals surface area (Å²) in [6.45, 7) is 0.539. The van der Waals surface area contributed by atoms with Crippen molar-refractivity contribution < 1.29 is 9.59 Å². The molecule has 1 N–H and O–H groups in total. The van der Waals surface area contributed by atoms with Gasteiger partial charge in [-0.2, -0.15) is 0 Å². The largest absolute Gasteiger partial charge is 0.312 e. The topological polar surface area (TPSA) is 75.2 Å². The molecule has 1 atom stereocenters. The molecule has 0 saturated carbocycles. The Kier molecular flexibility index (Phi) is 5.87. The Bertz CT molecular complexity index is 1010. The smallest absolute Gasteiger partial charge is 0.227 e. The number of aryl methyl sites for hydroxylation is 1. The van der Waals surface area contributed by atoms with Crippen molar-refractivity contribution in [1.82, 2.24) is 10.2 Å². The van der Waals surface area contributed by atoms with E-state index in [0.29, 0.717) is 36.0 Å². The Balaban J connectivity index is 1.34. The number of aromatic nitrogens is 2. The molecule has 0 spiro atoms. The van der Waals surface area contributed by atoms with Crippen molar-refractivity contribution in [2.45, 2.75) is 25.2 Å². The van der Waals surface area contributed by atoms with Crippen LogP contribution in [0.25, 0.3) is 0 Å². The summed E-state index contributed by atoms with van der Waals surface area (Å²) in [7, 11) is 0. The van der Waals surface area contributed by atoms with E-state index in [9.17, 15) is 9.59 Å². The first kappa shape index (κ1) is 19.5. The minimum atomic E-state index is -0.0955. The molecule has 8 heteroatoms. The van der Waals surface area contributed by atoms with E-state index in [1.165, 1.54) is 11.3 Å². The molecule has 0 bridgehead atoms. The number of hydrogen-bond acceptors (Lipinski definition) is 5. The van der Waals surface area contributed by atoms with Gasteiger partial charge in [0.25, 0.3) is 0 Å². The summed E-state index contributed by atoms with van der Waals surface area (Å²) in [6.07, 6.45) is 1.43. The third-order valence-electron chi connectivity index (χ3n) is 4.78. The van der Waals surface area contributed by atoms with Gasteiger partial charge < -0.3 is 10.2 Å². The van der Waals surface area contributed by atoms with Crippen molar-refractivity contribution in [2.24, 2.45) is 0 Å². The van der Waals surface area contributed by atoms with E-state index in [2.05, 4.69) is 15.5 Å². The third kappa shape index (κ3) is 4.81. The van der Waals surface area contributed by atoms with Crippen LogP contribution in [-0.2, 0) is 16.0 Å². The number of nitrogens with zero attached hydrogens (tertiary/aromatic N) is 3. The van der Waals surface area contributed by atoms with E-state index in [1.807, 2.05) is 42.5 Å². The Morgan fingerprint density at radius 2 is 1.90 bits per heavy atom. The predicted octanol–water partition coefficient (Wildman–Crippen LogP) is 4.28. The fourth-order valence-electron chi connectivity index (χ4n) is 3.28. The number of benzene rings is 2. The second-order valence-corrected chi connectivity index (χ2v) is 8.31. The maximum Gasteiger partial charge on any atom is 0.227 e. The lowest BCUT2D eigenvalue weighted by Crippen LogP contribution is -2.24. The molecule has 2 aromatic carbocycles. The highest BCUT2D eigenvalue weighted by atomic mass is 35.5. The summed E-state index contributed by atoms with van der Waals surface area (Å²) in [5.41, 5.74) is 1.94. The number of hydrogen-bond donors (Lipinski definition) is 1. The quantitative estimate of drug-likeness (QED) is 0.638. The minimum absolute atomic E-state index is 0.0364. The lowest BCUT2D eigenvalue weighted by Gasteiger charge is -2.16. The summed E-state index contributed by atoms with van der Waals surface area (Å²) in [4.78, 5) is 26.4. The summed E-state index contributed by atoms with van der Waals surface area (Å²) in [5, 5.41) is 12.9. The monoisotopic (exact) mass is 426 g/mol. The van der Waals surface area contributed by atoms with Crippen LogP contribution in [0.5, 0.6) is 0 Å². The second-order valence-electron chi connectivity index (χ2n) is 6.86. The molecule has 0 radical (unpaired) electrons. The van der Waals surface area contributed by atoms with Crippen molar-refractivity contribution in [3.05, 3.63) is 70.2 Å². The zero-order valence-corrected chi connectivity index (χ0v) is 17.1. The molecule has 1 aliphatic heterocycles. The first-order valence-corrected chi connectivity index (χ1v) is 10.5. The molecular weight excluding hydrogens is 408 g/mol. The van der Waals surface area contributed by atoms with Crippen LogP contribution in [-0.4, -0.2) is 28.6 Å². The normalized spacial score (nSPS) is 16.2. The zero-order chi connectivity index (χ0) is 20.2. The average Bonchev–Trinajstić information content (AvgIpc) is 3.34. The second kappa shape index (κ2) is 8.71. The van der Waals surface area contributed by atoms with E-state index in [0.717, 1.165) is 16.3 Å². The van der Waals surface area contributed by atoms with E-state index >= 15 is 0 Å². The highest BCUT2D eigenvalue weighted by molar-refractivity contribution is 7.15. The van der Waals surface area contributed by atoms with Crippen LogP contribution in [0.3, 0.4) is 0 Å². The summed E-state index contributed by atoms with van der Waals surface area (Å²) in [6, 6.07) is 17.1. The summed E-state index contributed by atoms with van der Waals surface area (Å²) >= 11 is 7.25. The number of halogens is 1. The third-order valence-corrected chi connectivity index (χ3v) is 6.04. The van der Waals surface area contributed by atoms with Crippen molar-refractivity contribution in [3.8, 4) is 0 Å². The van der Waals surface area contributed by atoms with Crippen molar-refractivity contribution >= 4 is 45.6 Å². The van der Waals surface area contributed by atoms with Crippen molar-refractivity contribution in [2.75, 3.05) is 16.8 Å². The molecule has 3 aromatic rings. The first-order chi connectivity index (χ1) is 14.1. The zero-order valence-electron chi connectivity index (χ0n) is 15.5. The van der Waals surface area contributed by atoms with Gasteiger partial charge >= 0.3 is 0 Å². The van der Waals surface area contributed by atoms with Crippen LogP contribution in [0.15, 0.2) is 54.6 Å². The van der Waals surface area contributed by atoms with E-state index in [4.69, 9.17) is 11.6 Å². The average molecular weight is 427 g/mol. The van der Waals surface area contributed by atoms with Gasteiger partial charge in [-0.05, 0) is 36.2 Å². The summed E-state index contributed by atoms with van der Waals surface area (Å²) < 4.78 is 0.